The lowest BCUT2D eigenvalue weighted by molar-refractivity contribution is 0.102. The zero-order valence-electron chi connectivity index (χ0n) is 14.7. The molecule has 0 spiro atoms. The van der Waals surface area contributed by atoms with Crippen LogP contribution in [0.25, 0.3) is 0 Å². The number of hydrogen-bond donors (Lipinski definition) is 1. The number of carbonyl (C=O) groups excluding carboxylic acids is 1. The highest BCUT2D eigenvalue weighted by molar-refractivity contribution is 7.89. The summed E-state index contributed by atoms with van der Waals surface area (Å²) in [5.41, 5.74) is 0.634. The van der Waals surface area contributed by atoms with Crippen LogP contribution in [0.3, 0.4) is 0 Å². The Morgan fingerprint density at radius 1 is 1.04 bits per heavy atom. The minimum Gasteiger partial charge on any atom is -0.321 e. The molecule has 1 fully saturated rings. The first kappa shape index (κ1) is 20.1. The molecule has 1 N–H and O–H groups in total. The number of nitrogens with zero attached hydrogens (tertiary/aromatic N) is 2. The second-order valence-corrected chi connectivity index (χ2v) is 9.10. The van der Waals surface area contributed by atoms with Gasteiger partial charge in [-0.05, 0) is 43.4 Å². The molecule has 2 aromatic carbocycles. The molecule has 0 aromatic heterocycles. The molecule has 27 heavy (non-hydrogen) atoms. The molecular weight excluding hydrogens is 409 g/mol. The van der Waals surface area contributed by atoms with Gasteiger partial charge in [-0.1, -0.05) is 29.3 Å². The van der Waals surface area contributed by atoms with Crippen LogP contribution in [0.5, 0.6) is 0 Å². The van der Waals surface area contributed by atoms with Gasteiger partial charge in [-0.25, -0.2) is 8.42 Å². The third-order valence-corrected chi connectivity index (χ3v) is 6.82. The van der Waals surface area contributed by atoms with E-state index in [2.05, 4.69) is 10.2 Å². The molecular formula is C18H19Cl2N3O3S. The number of piperazine rings is 1. The van der Waals surface area contributed by atoms with Crippen LogP contribution in [0.2, 0.25) is 10.0 Å². The minimum atomic E-state index is -3.64. The summed E-state index contributed by atoms with van der Waals surface area (Å²) in [7, 11) is -1.69. The summed E-state index contributed by atoms with van der Waals surface area (Å²) in [6.07, 6.45) is 0. The first-order valence-electron chi connectivity index (χ1n) is 8.32. The Kier molecular flexibility index (Phi) is 6.08. The summed E-state index contributed by atoms with van der Waals surface area (Å²) in [5.74, 6) is -0.449. The molecule has 0 atom stereocenters. The summed E-state index contributed by atoms with van der Waals surface area (Å²) in [5, 5.41) is 3.43. The fourth-order valence-corrected chi connectivity index (χ4v) is 4.68. The first-order chi connectivity index (χ1) is 12.8. The monoisotopic (exact) mass is 427 g/mol. The third kappa shape index (κ3) is 4.62. The first-order valence-corrected chi connectivity index (χ1v) is 10.5. The number of anilines is 1. The van der Waals surface area contributed by atoms with Crippen molar-refractivity contribution in [2.45, 2.75) is 4.90 Å². The maximum Gasteiger partial charge on any atom is 0.255 e. The molecule has 0 bridgehead atoms. The van der Waals surface area contributed by atoms with Crippen LogP contribution in [-0.2, 0) is 10.0 Å². The number of benzene rings is 2. The summed E-state index contributed by atoms with van der Waals surface area (Å²) in [6.45, 7) is 2.20. The highest BCUT2D eigenvalue weighted by Crippen LogP contribution is 2.26. The molecule has 144 valence electrons. The van der Waals surface area contributed by atoms with Crippen molar-refractivity contribution in [1.82, 2.24) is 9.21 Å². The number of halogens is 2. The second-order valence-electron chi connectivity index (χ2n) is 6.31. The summed E-state index contributed by atoms with van der Waals surface area (Å²) in [4.78, 5) is 14.7. The maximum absolute atomic E-state index is 12.9. The molecule has 0 unspecified atom stereocenters. The van der Waals surface area contributed by atoms with Crippen molar-refractivity contribution in [2.75, 3.05) is 38.5 Å². The van der Waals surface area contributed by atoms with Gasteiger partial charge in [0.05, 0.1) is 15.6 Å². The molecule has 1 aliphatic heterocycles. The highest BCUT2D eigenvalue weighted by atomic mass is 35.5. The minimum absolute atomic E-state index is 0.0990. The molecule has 1 heterocycles. The Bertz CT molecular complexity index is 958. The van der Waals surface area contributed by atoms with E-state index >= 15 is 0 Å². The number of sulfonamides is 1. The van der Waals surface area contributed by atoms with E-state index in [1.807, 2.05) is 7.05 Å². The largest absolute Gasteiger partial charge is 0.321 e. The van der Waals surface area contributed by atoms with Gasteiger partial charge in [-0.2, -0.15) is 4.31 Å². The molecule has 0 saturated carbocycles. The van der Waals surface area contributed by atoms with Crippen LogP contribution in [0, 0.1) is 0 Å². The van der Waals surface area contributed by atoms with Crippen LogP contribution < -0.4 is 5.32 Å². The topological polar surface area (TPSA) is 69.7 Å². The standard InChI is InChI=1S/C18H19Cl2N3O3S/c1-22-7-9-23(10-8-22)27(25,26)15-4-2-3-13(11-15)18(24)21-17-6-5-14(19)12-16(17)20/h2-6,11-12H,7-10H2,1H3,(H,21,24). The molecule has 1 aliphatic rings. The van der Waals surface area contributed by atoms with E-state index in [0.29, 0.717) is 41.9 Å². The van der Waals surface area contributed by atoms with Gasteiger partial charge in [-0.3, -0.25) is 4.79 Å². The zero-order chi connectivity index (χ0) is 19.6. The van der Waals surface area contributed by atoms with Crippen LogP contribution in [0.4, 0.5) is 5.69 Å². The predicted octanol–water partition coefficient (Wildman–Crippen LogP) is 3.18. The number of rotatable bonds is 4. The lowest BCUT2D eigenvalue weighted by Crippen LogP contribution is -2.47. The molecule has 6 nitrogen and oxygen atoms in total. The van der Waals surface area contributed by atoms with E-state index in [4.69, 9.17) is 23.2 Å². The van der Waals surface area contributed by atoms with Gasteiger partial charge in [0.2, 0.25) is 10.0 Å². The van der Waals surface area contributed by atoms with E-state index in [1.54, 1.807) is 24.3 Å². The van der Waals surface area contributed by atoms with Gasteiger partial charge in [0.1, 0.15) is 0 Å². The number of likely N-dealkylation sites (N-methyl/N-ethyl adjacent to an activating group) is 1. The predicted molar refractivity (Wildman–Crippen MR) is 107 cm³/mol. The van der Waals surface area contributed by atoms with Crippen LogP contribution >= 0.6 is 23.2 Å². The Balaban J connectivity index is 1.81. The Hall–Kier alpha value is -1.64. The number of amides is 1. The van der Waals surface area contributed by atoms with Crippen molar-refractivity contribution in [3.8, 4) is 0 Å². The molecule has 0 radical (unpaired) electrons. The summed E-state index contributed by atoms with van der Waals surface area (Å²) >= 11 is 11.9. The number of carbonyl (C=O) groups is 1. The molecule has 1 amide bonds. The number of nitrogens with one attached hydrogen (secondary N) is 1. The van der Waals surface area contributed by atoms with Gasteiger partial charge in [0.15, 0.2) is 0 Å². The van der Waals surface area contributed by atoms with Crippen LogP contribution in [0.1, 0.15) is 10.4 Å². The summed E-state index contributed by atoms with van der Waals surface area (Å²) < 4.78 is 27.2. The van der Waals surface area contributed by atoms with Gasteiger partial charge in [0, 0.05) is 36.8 Å². The van der Waals surface area contributed by atoms with E-state index in [1.165, 1.54) is 22.5 Å². The van der Waals surface area contributed by atoms with E-state index < -0.39 is 15.9 Å². The highest BCUT2D eigenvalue weighted by Gasteiger charge is 2.28. The lowest BCUT2D eigenvalue weighted by Gasteiger charge is -2.31. The molecule has 3 rings (SSSR count). The Morgan fingerprint density at radius 2 is 1.74 bits per heavy atom. The van der Waals surface area contributed by atoms with Gasteiger partial charge in [0.25, 0.3) is 5.91 Å². The van der Waals surface area contributed by atoms with Crippen molar-refractivity contribution in [2.24, 2.45) is 0 Å². The average Bonchev–Trinajstić information content (AvgIpc) is 2.64. The van der Waals surface area contributed by atoms with Gasteiger partial charge < -0.3 is 10.2 Å². The Morgan fingerprint density at radius 3 is 2.41 bits per heavy atom. The smallest absolute Gasteiger partial charge is 0.255 e. The van der Waals surface area contributed by atoms with Crippen molar-refractivity contribution in [1.29, 1.82) is 0 Å². The van der Waals surface area contributed by atoms with E-state index in [-0.39, 0.29) is 10.5 Å². The van der Waals surface area contributed by atoms with Crippen molar-refractivity contribution < 1.29 is 13.2 Å². The average molecular weight is 428 g/mol. The SMILES string of the molecule is CN1CCN(S(=O)(=O)c2cccc(C(=O)Nc3ccc(Cl)cc3Cl)c2)CC1. The quantitative estimate of drug-likeness (QED) is 0.812. The van der Waals surface area contributed by atoms with Crippen molar-refractivity contribution in [3.63, 3.8) is 0 Å². The van der Waals surface area contributed by atoms with Crippen molar-refractivity contribution in [3.05, 3.63) is 58.1 Å². The van der Waals surface area contributed by atoms with E-state index in [9.17, 15) is 13.2 Å². The number of hydrogen-bond acceptors (Lipinski definition) is 4. The molecule has 2 aromatic rings. The van der Waals surface area contributed by atoms with Crippen LogP contribution in [-0.4, -0.2) is 56.8 Å². The molecule has 0 aliphatic carbocycles. The summed E-state index contributed by atoms with van der Waals surface area (Å²) in [6, 6.07) is 10.7. The fraction of sp³-hybridized carbons (Fsp3) is 0.278. The van der Waals surface area contributed by atoms with Crippen molar-refractivity contribution >= 4 is 44.8 Å². The second kappa shape index (κ2) is 8.16. The molecule has 9 heteroatoms. The zero-order valence-corrected chi connectivity index (χ0v) is 17.0. The lowest BCUT2D eigenvalue weighted by atomic mass is 10.2. The maximum atomic E-state index is 12.9. The Labute approximate surface area is 168 Å². The van der Waals surface area contributed by atoms with E-state index in [0.717, 1.165) is 0 Å². The fourth-order valence-electron chi connectivity index (χ4n) is 2.76. The normalized spacial score (nSPS) is 16.3. The van der Waals surface area contributed by atoms with Gasteiger partial charge >= 0.3 is 0 Å². The molecule has 1 saturated heterocycles. The van der Waals surface area contributed by atoms with Gasteiger partial charge in [-0.15, -0.1) is 0 Å². The van der Waals surface area contributed by atoms with Crippen LogP contribution in [0.15, 0.2) is 47.4 Å². The third-order valence-electron chi connectivity index (χ3n) is 4.38.